The molecule has 11 heteroatoms. The quantitative estimate of drug-likeness (QED) is 0.440. The number of nitrogens with one attached hydrogen (secondary N) is 2. The summed E-state index contributed by atoms with van der Waals surface area (Å²) >= 11 is 18.5. The van der Waals surface area contributed by atoms with E-state index in [-0.39, 0.29) is 24.5 Å². The van der Waals surface area contributed by atoms with Gasteiger partial charge in [0.05, 0.1) is 23.6 Å². The van der Waals surface area contributed by atoms with E-state index in [1.54, 1.807) is 34.1 Å². The first kappa shape index (κ1) is 24.6. The number of aromatic amines is 1. The summed E-state index contributed by atoms with van der Waals surface area (Å²) in [5.74, 6) is 0.462. The van der Waals surface area contributed by atoms with Crippen LogP contribution in [0.2, 0.25) is 15.2 Å². The molecule has 4 rings (SSSR count). The van der Waals surface area contributed by atoms with E-state index in [0.717, 1.165) is 11.1 Å². The zero-order valence-electron chi connectivity index (χ0n) is 19.0. The molecule has 1 aliphatic rings. The lowest BCUT2D eigenvalue weighted by atomic mass is 10.0. The highest BCUT2D eigenvalue weighted by Crippen LogP contribution is 2.28. The van der Waals surface area contributed by atoms with E-state index in [1.807, 2.05) is 19.9 Å². The minimum atomic E-state index is -0.612. The minimum Gasteiger partial charge on any atom is -0.350 e. The second-order valence-electron chi connectivity index (χ2n) is 9.14. The number of pyridine rings is 1. The Hall–Kier alpha value is -2.55. The molecule has 3 amide bonds. The molecule has 34 heavy (non-hydrogen) atoms. The Morgan fingerprint density at radius 3 is 2.68 bits per heavy atom. The molecule has 3 heterocycles. The highest BCUT2D eigenvalue weighted by Gasteiger charge is 2.40. The van der Waals surface area contributed by atoms with Crippen molar-refractivity contribution >= 4 is 57.9 Å². The number of nitrogens with zero attached hydrogens (tertiary/aromatic N) is 4. The molecular weight excluding hydrogens is 499 g/mol. The number of fused-ring (bicyclic) bond motifs is 1. The molecule has 0 bridgehead atoms. The fourth-order valence-corrected chi connectivity index (χ4v) is 4.96. The van der Waals surface area contributed by atoms with Gasteiger partial charge in [-0.1, -0.05) is 40.9 Å². The van der Waals surface area contributed by atoms with E-state index in [9.17, 15) is 9.59 Å². The summed E-state index contributed by atoms with van der Waals surface area (Å²) in [5.41, 5.74) is 1.54. The van der Waals surface area contributed by atoms with E-state index >= 15 is 0 Å². The maximum Gasteiger partial charge on any atom is 0.320 e. The van der Waals surface area contributed by atoms with Crippen molar-refractivity contribution in [3.05, 3.63) is 56.9 Å². The van der Waals surface area contributed by atoms with Crippen LogP contribution in [0.3, 0.4) is 0 Å². The van der Waals surface area contributed by atoms with Gasteiger partial charge < -0.3 is 20.1 Å². The largest absolute Gasteiger partial charge is 0.350 e. The van der Waals surface area contributed by atoms with Crippen molar-refractivity contribution in [3.8, 4) is 0 Å². The van der Waals surface area contributed by atoms with Gasteiger partial charge in [-0.15, -0.1) is 0 Å². The molecule has 180 valence electrons. The van der Waals surface area contributed by atoms with E-state index in [0.29, 0.717) is 46.2 Å². The van der Waals surface area contributed by atoms with Crippen LogP contribution < -0.4 is 5.32 Å². The van der Waals surface area contributed by atoms with Crippen molar-refractivity contribution in [2.45, 2.75) is 45.3 Å². The molecule has 0 saturated carbocycles. The van der Waals surface area contributed by atoms with Gasteiger partial charge in [-0.25, -0.2) is 14.8 Å². The van der Waals surface area contributed by atoms with E-state index in [4.69, 9.17) is 34.8 Å². The third-order valence-corrected chi connectivity index (χ3v) is 6.44. The zero-order chi connectivity index (χ0) is 24.6. The molecule has 1 atom stereocenters. The lowest BCUT2D eigenvalue weighted by Gasteiger charge is -2.33. The van der Waals surface area contributed by atoms with Gasteiger partial charge in [0.15, 0.2) is 5.65 Å². The normalized spacial score (nSPS) is 16.5. The number of amides is 3. The number of carbonyl (C=O) groups is 2. The van der Waals surface area contributed by atoms with Gasteiger partial charge in [-0.05, 0) is 50.1 Å². The first-order valence-corrected chi connectivity index (χ1v) is 11.9. The van der Waals surface area contributed by atoms with Crippen molar-refractivity contribution < 1.29 is 9.59 Å². The molecule has 8 nitrogen and oxygen atoms in total. The van der Waals surface area contributed by atoms with Crippen LogP contribution in [0.4, 0.5) is 4.79 Å². The average Bonchev–Trinajstić information content (AvgIpc) is 3.24. The SMILES string of the molecule is CC(=O)NC(C)(C)CN1C(=O)N(Cc2nc3nc(Cl)ccc3[nH]2)CC1Cc1ccc(Cl)cc1Cl. The molecule has 1 saturated heterocycles. The van der Waals surface area contributed by atoms with Crippen LogP contribution >= 0.6 is 34.8 Å². The van der Waals surface area contributed by atoms with Crippen molar-refractivity contribution in [1.29, 1.82) is 0 Å². The Bertz CT molecular complexity index is 1240. The molecule has 2 N–H and O–H groups in total. The van der Waals surface area contributed by atoms with Gasteiger partial charge in [-0.2, -0.15) is 0 Å². The fraction of sp³-hybridized carbons (Fsp3) is 0.391. The number of rotatable bonds is 7. The lowest BCUT2D eigenvalue weighted by molar-refractivity contribution is -0.120. The summed E-state index contributed by atoms with van der Waals surface area (Å²) in [7, 11) is 0. The molecule has 3 aromatic rings. The second kappa shape index (κ2) is 9.60. The predicted octanol–water partition coefficient (Wildman–Crippen LogP) is 4.68. The molecule has 2 aromatic heterocycles. The molecular formula is C23H25Cl3N6O2. The third-order valence-electron chi connectivity index (χ3n) is 5.64. The molecule has 1 aromatic carbocycles. The number of H-pyrrole nitrogens is 1. The monoisotopic (exact) mass is 522 g/mol. The summed E-state index contributed by atoms with van der Waals surface area (Å²) in [4.78, 5) is 40.6. The summed E-state index contributed by atoms with van der Waals surface area (Å²) in [6, 6.07) is 8.56. The van der Waals surface area contributed by atoms with Crippen LogP contribution in [0.1, 0.15) is 32.2 Å². The Balaban J connectivity index is 1.59. The maximum absolute atomic E-state index is 13.5. The van der Waals surface area contributed by atoms with Gasteiger partial charge in [0.1, 0.15) is 11.0 Å². The number of imidazole rings is 1. The van der Waals surface area contributed by atoms with Crippen molar-refractivity contribution in [2.75, 3.05) is 13.1 Å². The topological polar surface area (TPSA) is 94.2 Å². The fourth-order valence-electron chi connectivity index (χ4n) is 4.33. The van der Waals surface area contributed by atoms with Crippen LogP contribution in [0, 0.1) is 0 Å². The molecule has 1 fully saturated rings. The van der Waals surface area contributed by atoms with Crippen LogP contribution in [0.5, 0.6) is 0 Å². The Morgan fingerprint density at radius 1 is 1.21 bits per heavy atom. The number of halogens is 3. The van der Waals surface area contributed by atoms with Crippen LogP contribution in [0.25, 0.3) is 11.2 Å². The van der Waals surface area contributed by atoms with Gasteiger partial charge in [0, 0.05) is 30.1 Å². The maximum atomic E-state index is 13.5. The Morgan fingerprint density at radius 2 is 1.97 bits per heavy atom. The molecule has 1 aliphatic heterocycles. The van der Waals surface area contributed by atoms with Crippen LogP contribution in [0.15, 0.2) is 30.3 Å². The van der Waals surface area contributed by atoms with Crippen LogP contribution in [-0.4, -0.2) is 61.4 Å². The Labute approximate surface area is 212 Å². The predicted molar refractivity (Wildman–Crippen MR) is 133 cm³/mol. The second-order valence-corrected chi connectivity index (χ2v) is 10.4. The number of aromatic nitrogens is 3. The number of benzene rings is 1. The van der Waals surface area contributed by atoms with Gasteiger partial charge in [0.25, 0.3) is 0 Å². The van der Waals surface area contributed by atoms with Crippen molar-refractivity contribution in [3.63, 3.8) is 0 Å². The summed E-state index contributed by atoms with van der Waals surface area (Å²) in [5, 5.41) is 4.39. The van der Waals surface area contributed by atoms with Crippen molar-refractivity contribution in [2.24, 2.45) is 0 Å². The average molecular weight is 524 g/mol. The van der Waals surface area contributed by atoms with Gasteiger partial charge in [0.2, 0.25) is 5.91 Å². The first-order chi connectivity index (χ1) is 16.0. The number of carbonyl (C=O) groups excluding carboxylic acids is 2. The third kappa shape index (κ3) is 5.56. The standard InChI is InChI=1S/C23H25Cl3N6O2/c1-13(33)30-23(2,3)12-32-16(8-14-4-5-15(24)9-17(14)25)10-31(22(32)34)11-20-27-18-6-7-19(26)28-21(18)29-20/h4-7,9,16H,8,10-12H2,1-3H3,(H,30,33)(H,27,28,29). The van der Waals surface area contributed by atoms with Crippen LogP contribution in [-0.2, 0) is 17.8 Å². The van der Waals surface area contributed by atoms with E-state index in [1.165, 1.54) is 6.92 Å². The first-order valence-electron chi connectivity index (χ1n) is 10.8. The highest BCUT2D eigenvalue weighted by molar-refractivity contribution is 6.35. The number of hydrogen-bond donors (Lipinski definition) is 2. The smallest absolute Gasteiger partial charge is 0.320 e. The zero-order valence-corrected chi connectivity index (χ0v) is 21.3. The molecule has 1 unspecified atom stereocenters. The number of hydrogen-bond acceptors (Lipinski definition) is 4. The molecule has 0 radical (unpaired) electrons. The molecule has 0 aliphatic carbocycles. The summed E-state index contributed by atoms with van der Waals surface area (Å²) in [6.45, 7) is 6.35. The van der Waals surface area contributed by atoms with Crippen molar-refractivity contribution in [1.82, 2.24) is 30.1 Å². The summed E-state index contributed by atoms with van der Waals surface area (Å²) in [6.07, 6.45) is 0.547. The van der Waals surface area contributed by atoms with Gasteiger partial charge >= 0.3 is 6.03 Å². The Kier molecular flexibility index (Phi) is 6.94. The number of urea groups is 1. The molecule has 0 spiro atoms. The van der Waals surface area contributed by atoms with E-state index < -0.39 is 5.54 Å². The van der Waals surface area contributed by atoms with E-state index in [2.05, 4.69) is 20.3 Å². The summed E-state index contributed by atoms with van der Waals surface area (Å²) < 4.78 is 0. The minimum absolute atomic E-state index is 0.139. The lowest BCUT2D eigenvalue weighted by Crippen LogP contribution is -2.53. The van der Waals surface area contributed by atoms with Gasteiger partial charge in [-0.3, -0.25) is 4.79 Å². The highest BCUT2D eigenvalue weighted by atomic mass is 35.5.